The van der Waals surface area contributed by atoms with Gasteiger partial charge < -0.3 is 24.8 Å². The summed E-state index contributed by atoms with van der Waals surface area (Å²) in [5.74, 6) is 3.34. The van der Waals surface area contributed by atoms with Crippen molar-refractivity contribution in [3.63, 3.8) is 0 Å². The van der Waals surface area contributed by atoms with Gasteiger partial charge in [-0.1, -0.05) is 0 Å². The van der Waals surface area contributed by atoms with Crippen molar-refractivity contribution in [1.29, 1.82) is 0 Å². The standard InChI is InChI=1S/C23H38N4O3.HI/c1-4-24-23(25-9-5-13-30-17-18-6-7-18)26-10-12-27-11-8-19-14-21(28-2)22(29-3)15-20(19)16-27;/h14-15,18H,4-13,16-17H2,1-3H3,(H2,24,25,26);1H. The van der Waals surface area contributed by atoms with Gasteiger partial charge in [-0.3, -0.25) is 9.89 Å². The quantitative estimate of drug-likeness (QED) is 0.182. The van der Waals surface area contributed by atoms with E-state index < -0.39 is 0 Å². The maximum atomic E-state index is 5.69. The molecule has 7 nitrogen and oxygen atoms in total. The van der Waals surface area contributed by atoms with Crippen LogP contribution in [0.5, 0.6) is 11.5 Å². The topological polar surface area (TPSA) is 67.4 Å². The summed E-state index contributed by atoms with van der Waals surface area (Å²) >= 11 is 0. The van der Waals surface area contributed by atoms with Crippen LogP contribution in [0.4, 0.5) is 0 Å². The second-order valence-corrected chi connectivity index (χ2v) is 8.06. The number of nitrogens with one attached hydrogen (secondary N) is 2. The van der Waals surface area contributed by atoms with Gasteiger partial charge in [-0.2, -0.15) is 0 Å². The van der Waals surface area contributed by atoms with E-state index in [1.807, 2.05) is 0 Å². The highest BCUT2D eigenvalue weighted by Crippen LogP contribution is 2.33. The molecule has 1 saturated carbocycles. The van der Waals surface area contributed by atoms with Gasteiger partial charge >= 0.3 is 0 Å². The lowest BCUT2D eigenvalue weighted by molar-refractivity contribution is 0.123. The van der Waals surface area contributed by atoms with Gasteiger partial charge in [-0.05, 0) is 61.8 Å². The van der Waals surface area contributed by atoms with Gasteiger partial charge in [0.15, 0.2) is 17.5 Å². The van der Waals surface area contributed by atoms with E-state index in [1.165, 1.54) is 24.0 Å². The van der Waals surface area contributed by atoms with Crippen LogP contribution in [-0.2, 0) is 17.7 Å². The summed E-state index contributed by atoms with van der Waals surface area (Å²) < 4.78 is 16.6. The van der Waals surface area contributed by atoms with Gasteiger partial charge in [0.05, 0.1) is 14.2 Å². The molecule has 0 aromatic heterocycles. The van der Waals surface area contributed by atoms with Gasteiger partial charge in [0, 0.05) is 52.5 Å². The van der Waals surface area contributed by atoms with Crippen molar-refractivity contribution in [1.82, 2.24) is 15.5 Å². The zero-order valence-corrected chi connectivity index (χ0v) is 21.6. The van der Waals surface area contributed by atoms with Crippen LogP contribution in [0.25, 0.3) is 0 Å². The number of aliphatic imine (C=N–C) groups is 1. The van der Waals surface area contributed by atoms with E-state index in [2.05, 4.69) is 39.6 Å². The Kier molecular flexibility index (Phi) is 11.7. The van der Waals surface area contributed by atoms with E-state index in [0.29, 0.717) is 0 Å². The van der Waals surface area contributed by atoms with Crippen LogP contribution in [0.15, 0.2) is 17.1 Å². The van der Waals surface area contributed by atoms with E-state index >= 15 is 0 Å². The third kappa shape index (κ3) is 8.65. The summed E-state index contributed by atoms with van der Waals surface area (Å²) in [5, 5.41) is 6.80. The Labute approximate surface area is 204 Å². The van der Waals surface area contributed by atoms with E-state index in [4.69, 9.17) is 14.2 Å². The number of halogens is 1. The molecule has 1 aromatic rings. The molecule has 0 unspecified atom stereocenters. The number of hydrogen-bond donors (Lipinski definition) is 2. The van der Waals surface area contributed by atoms with Crippen molar-refractivity contribution in [2.75, 3.05) is 60.2 Å². The Bertz CT molecular complexity index is 698. The molecule has 1 aliphatic heterocycles. The zero-order valence-electron chi connectivity index (χ0n) is 19.2. The monoisotopic (exact) mass is 546 g/mol. The Morgan fingerprint density at radius 1 is 1.13 bits per heavy atom. The summed E-state index contributed by atoms with van der Waals surface area (Å²) in [6.45, 7) is 9.32. The fourth-order valence-corrected chi connectivity index (χ4v) is 3.70. The molecule has 176 valence electrons. The van der Waals surface area contributed by atoms with Crippen molar-refractivity contribution < 1.29 is 14.2 Å². The first-order chi connectivity index (χ1) is 14.7. The molecule has 0 atom stereocenters. The molecule has 0 spiro atoms. The molecule has 3 rings (SSSR count). The zero-order chi connectivity index (χ0) is 21.2. The van der Waals surface area contributed by atoms with Crippen molar-refractivity contribution in [2.45, 2.75) is 39.2 Å². The molecule has 2 aliphatic rings. The highest BCUT2D eigenvalue weighted by atomic mass is 127. The molecule has 1 aliphatic carbocycles. The van der Waals surface area contributed by atoms with Gasteiger partial charge in [0.1, 0.15) is 0 Å². The van der Waals surface area contributed by atoms with Crippen molar-refractivity contribution >= 4 is 29.9 Å². The highest BCUT2D eigenvalue weighted by molar-refractivity contribution is 14.0. The third-order valence-corrected chi connectivity index (χ3v) is 5.63. The molecule has 1 aromatic carbocycles. The van der Waals surface area contributed by atoms with E-state index in [1.54, 1.807) is 14.2 Å². The van der Waals surface area contributed by atoms with Gasteiger partial charge in [-0.25, -0.2) is 0 Å². The lowest BCUT2D eigenvalue weighted by atomic mass is 9.99. The number of nitrogens with zero attached hydrogens (tertiary/aromatic N) is 2. The van der Waals surface area contributed by atoms with Crippen molar-refractivity contribution in [3.05, 3.63) is 23.3 Å². The largest absolute Gasteiger partial charge is 0.493 e. The molecule has 0 radical (unpaired) electrons. The molecule has 0 bridgehead atoms. The van der Waals surface area contributed by atoms with Crippen LogP contribution in [0.2, 0.25) is 0 Å². The molecule has 8 heteroatoms. The first kappa shape index (κ1) is 26.0. The average molecular weight is 546 g/mol. The maximum absolute atomic E-state index is 5.69. The molecule has 0 saturated heterocycles. The minimum absolute atomic E-state index is 0. The molecular formula is C23H39IN4O3. The van der Waals surface area contributed by atoms with Crippen LogP contribution in [0.3, 0.4) is 0 Å². The average Bonchev–Trinajstić information content (AvgIpc) is 3.59. The van der Waals surface area contributed by atoms with Crippen LogP contribution in [-0.4, -0.2) is 71.0 Å². The highest BCUT2D eigenvalue weighted by Gasteiger charge is 2.21. The molecule has 1 fully saturated rings. The lowest BCUT2D eigenvalue weighted by Gasteiger charge is -2.29. The molecule has 0 amide bonds. The second-order valence-electron chi connectivity index (χ2n) is 8.06. The maximum Gasteiger partial charge on any atom is 0.191 e. The molecule has 31 heavy (non-hydrogen) atoms. The number of fused-ring (bicyclic) bond motifs is 1. The van der Waals surface area contributed by atoms with Crippen LogP contribution >= 0.6 is 24.0 Å². The Hall–Kier alpha value is -1.26. The van der Waals surface area contributed by atoms with Crippen molar-refractivity contribution in [3.8, 4) is 11.5 Å². The summed E-state index contributed by atoms with van der Waals surface area (Å²) in [7, 11) is 3.38. The first-order valence-electron chi connectivity index (χ1n) is 11.3. The van der Waals surface area contributed by atoms with Gasteiger partial charge in [0.2, 0.25) is 0 Å². The van der Waals surface area contributed by atoms with Crippen molar-refractivity contribution in [2.24, 2.45) is 10.9 Å². The number of benzene rings is 1. The molecule has 2 N–H and O–H groups in total. The van der Waals surface area contributed by atoms with Crippen LogP contribution in [0, 0.1) is 5.92 Å². The van der Waals surface area contributed by atoms with Gasteiger partial charge in [-0.15, -0.1) is 24.0 Å². The molecule has 1 heterocycles. The first-order valence-corrected chi connectivity index (χ1v) is 11.3. The Balaban J connectivity index is 0.00000341. The molecular weight excluding hydrogens is 507 g/mol. The summed E-state index contributed by atoms with van der Waals surface area (Å²) in [5.41, 5.74) is 2.68. The third-order valence-electron chi connectivity index (χ3n) is 5.63. The smallest absolute Gasteiger partial charge is 0.191 e. The Morgan fingerprint density at radius 2 is 1.87 bits per heavy atom. The fraction of sp³-hybridized carbons (Fsp3) is 0.696. The predicted octanol–water partition coefficient (Wildman–Crippen LogP) is 3.05. The number of methoxy groups -OCH3 is 2. The number of ether oxygens (including phenoxy) is 3. The Morgan fingerprint density at radius 3 is 2.55 bits per heavy atom. The van der Waals surface area contributed by atoms with E-state index in [0.717, 1.165) is 88.7 Å². The number of guanidine groups is 1. The van der Waals surface area contributed by atoms with Crippen LogP contribution in [0.1, 0.15) is 37.3 Å². The van der Waals surface area contributed by atoms with Crippen LogP contribution < -0.4 is 20.1 Å². The summed E-state index contributed by atoms with van der Waals surface area (Å²) in [4.78, 5) is 7.14. The minimum Gasteiger partial charge on any atom is -0.493 e. The normalized spacial score (nSPS) is 16.3. The van der Waals surface area contributed by atoms with E-state index in [9.17, 15) is 0 Å². The number of rotatable bonds is 12. The minimum atomic E-state index is 0. The predicted molar refractivity (Wildman–Crippen MR) is 136 cm³/mol. The summed E-state index contributed by atoms with van der Waals surface area (Å²) in [6, 6.07) is 4.23. The van der Waals surface area contributed by atoms with Gasteiger partial charge in [0.25, 0.3) is 0 Å². The lowest BCUT2D eigenvalue weighted by Crippen LogP contribution is -2.42. The fourth-order valence-electron chi connectivity index (χ4n) is 3.70. The second kappa shape index (κ2) is 14.0. The van der Waals surface area contributed by atoms with E-state index in [-0.39, 0.29) is 24.0 Å². The SMILES string of the molecule is CCNC(=NCCCOCC1CC1)NCCN1CCc2cc(OC)c(OC)cc2C1.I. The summed E-state index contributed by atoms with van der Waals surface area (Å²) in [6.07, 6.45) is 4.69. The number of hydrogen-bond acceptors (Lipinski definition) is 5.